The highest BCUT2D eigenvalue weighted by molar-refractivity contribution is 7.89. The Kier molecular flexibility index (Phi) is 3.81. The molecule has 0 aliphatic heterocycles. The van der Waals surface area contributed by atoms with Crippen molar-refractivity contribution >= 4 is 10.0 Å². The largest absolute Gasteiger partial charge is 0.393 e. The van der Waals surface area contributed by atoms with E-state index in [1.54, 1.807) is 30.3 Å². The smallest absolute Gasteiger partial charge is 0.240 e. The van der Waals surface area contributed by atoms with Crippen LogP contribution in [0.1, 0.15) is 25.7 Å². The second kappa shape index (κ2) is 5.16. The average molecular weight is 255 g/mol. The summed E-state index contributed by atoms with van der Waals surface area (Å²) in [6, 6.07) is 8.17. The normalized spacial score (nSPS) is 25.7. The zero-order valence-electron chi connectivity index (χ0n) is 9.54. The Morgan fingerprint density at radius 3 is 2.53 bits per heavy atom. The molecule has 2 rings (SSSR count). The first-order valence-corrected chi connectivity index (χ1v) is 7.32. The molecular weight excluding hydrogens is 238 g/mol. The maximum Gasteiger partial charge on any atom is 0.240 e. The van der Waals surface area contributed by atoms with Crippen LogP contribution in [0.4, 0.5) is 0 Å². The van der Waals surface area contributed by atoms with Crippen LogP contribution in [0.15, 0.2) is 35.2 Å². The van der Waals surface area contributed by atoms with Crippen molar-refractivity contribution in [2.24, 2.45) is 0 Å². The number of benzene rings is 1. The quantitative estimate of drug-likeness (QED) is 0.854. The zero-order valence-corrected chi connectivity index (χ0v) is 10.4. The summed E-state index contributed by atoms with van der Waals surface area (Å²) in [5.41, 5.74) is 0. The van der Waals surface area contributed by atoms with E-state index in [0.29, 0.717) is 6.42 Å². The van der Waals surface area contributed by atoms with Gasteiger partial charge >= 0.3 is 0 Å². The minimum absolute atomic E-state index is 0.149. The molecule has 0 spiro atoms. The van der Waals surface area contributed by atoms with Gasteiger partial charge in [-0.1, -0.05) is 18.2 Å². The van der Waals surface area contributed by atoms with Crippen LogP contribution in [0.5, 0.6) is 0 Å². The second-order valence-electron chi connectivity index (χ2n) is 4.45. The predicted molar refractivity (Wildman–Crippen MR) is 65.0 cm³/mol. The number of rotatable bonds is 3. The van der Waals surface area contributed by atoms with Gasteiger partial charge in [0.15, 0.2) is 0 Å². The Labute approximate surface area is 102 Å². The third-order valence-corrected chi connectivity index (χ3v) is 4.56. The van der Waals surface area contributed by atoms with Crippen LogP contribution in [0.25, 0.3) is 0 Å². The van der Waals surface area contributed by atoms with Crippen molar-refractivity contribution in [1.29, 1.82) is 0 Å². The summed E-state index contributed by atoms with van der Waals surface area (Å²) in [6.45, 7) is 0. The van der Waals surface area contributed by atoms with Gasteiger partial charge in [-0.25, -0.2) is 13.1 Å². The van der Waals surface area contributed by atoms with Gasteiger partial charge in [-0.3, -0.25) is 0 Å². The first kappa shape index (κ1) is 12.5. The van der Waals surface area contributed by atoms with Gasteiger partial charge in [-0.2, -0.15) is 0 Å². The highest BCUT2D eigenvalue weighted by Crippen LogP contribution is 2.20. The van der Waals surface area contributed by atoms with E-state index in [0.717, 1.165) is 19.3 Å². The lowest BCUT2D eigenvalue weighted by atomic mass is 9.94. The molecule has 17 heavy (non-hydrogen) atoms. The lowest BCUT2D eigenvalue weighted by Gasteiger charge is -2.26. The van der Waals surface area contributed by atoms with Crippen LogP contribution in [-0.4, -0.2) is 25.7 Å². The molecule has 1 aliphatic rings. The summed E-state index contributed by atoms with van der Waals surface area (Å²) in [5, 5.41) is 9.51. The Hall–Kier alpha value is -0.910. The molecule has 0 bridgehead atoms. The fourth-order valence-corrected chi connectivity index (χ4v) is 3.46. The third-order valence-electron chi connectivity index (χ3n) is 3.02. The first-order chi connectivity index (χ1) is 8.08. The van der Waals surface area contributed by atoms with Gasteiger partial charge in [-0.05, 0) is 37.8 Å². The van der Waals surface area contributed by atoms with Crippen molar-refractivity contribution in [3.05, 3.63) is 30.3 Å². The predicted octanol–water partition coefficient (Wildman–Crippen LogP) is 1.27. The highest BCUT2D eigenvalue weighted by atomic mass is 32.2. The maximum absolute atomic E-state index is 12.0. The van der Waals surface area contributed by atoms with E-state index in [-0.39, 0.29) is 17.0 Å². The number of nitrogens with one attached hydrogen (secondary N) is 1. The average Bonchev–Trinajstić information content (AvgIpc) is 2.29. The van der Waals surface area contributed by atoms with Gasteiger partial charge in [0.25, 0.3) is 0 Å². The van der Waals surface area contributed by atoms with Gasteiger partial charge in [0.05, 0.1) is 11.0 Å². The molecule has 0 aromatic heterocycles. The fraction of sp³-hybridized carbons (Fsp3) is 0.500. The van der Waals surface area contributed by atoms with E-state index in [2.05, 4.69) is 4.72 Å². The first-order valence-electron chi connectivity index (χ1n) is 5.83. The molecule has 5 heteroatoms. The highest BCUT2D eigenvalue weighted by Gasteiger charge is 2.25. The number of aliphatic hydroxyl groups is 1. The Morgan fingerprint density at radius 2 is 1.88 bits per heavy atom. The van der Waals surface area contributed by atoms with E-state index < -0.39 is 10.0 Å². The number of sulfonamides is 1. The van der Waals surface area contributed by atoms with Gasteiger partial charge in [0.1, 0.15) is 0 Å². The SMILES string of the molecule is O=S(=O)(N[C@@H]1CCC[C@H](O)C1)c1ccccc1. The van der Waals surface area contributed by atoms with Crippen LogP contribution in [0.2, 0.25) is 0 Å². The minimum atomic E-state index is -3.44. The van der Waals surface area contributed by atoms with E-state index in [9.17, 15) is 13.5 Å². The molecule has 1 aromatic rings. The summed E-state index contributed by atoms with van der Waals surface area (Å²) in [5.74, 6) is 0. The molecular formula is C12H17NO3S. The molecule has 94 valence electrons. The van der Waals surface area contributed by atoms with Crippen LogP contribution in [-0.2, 0) is 10.0 Å². The molecule has 0 amide bonds. The topological polar surface area (TPSA) is 66.4 Å². The lowest BCUT2D eigenvalue weighted by molar-refractivity contribution is 0.117. The maximum atomic E-state index is 12.0. The van der Waals surface area contributed by atoms with Crippen LogP contribution in [0, 0.1) is 0 Å². The van der Waals surface area contributed by atoms with Crippen LogP contribution < -0.4 is 4.72 Å². The summed E-state index contributed by atoms with van der Waals surface area (Å²) < 4.78 is 26.7. The van der Waals surface area contributed by atoms with E-state index in [1.807, 2.05) is 0 Å². The zero-order chi connectivity index (χ0) is 12.3. The van der Waals surface area contributed by atoms with E-state index in [4.69, 9.17) is 0 Å². The molecule has 1 aromatic carbocycles. The monoisotopic (exact) mass is 255 g/mol. The number of aliphatic hydroxyl groups excluding tert-OH is 1. The molecule has 2 N–H and O–H groups in total. The summed E-state index contributed by atoms with van der Waals surface area (Å²) in [6.07, 6.45) is 2.55. The fourth-order valence-electron chi connectivity index (χ4n) is 2.16. The van der Waals surface area contributed by atoms with Crippen molar-refractivity contribution in [3.63, 3.8) is 0 Å². The molecule has 0 unspecified atom stereocenters. The van der Waals surface area contributed by atoms with Gasteiger partial charge in [0, 0.05) is 6.04 Å². The third kappa shape index (κ3) is 3.28. The van der Waals surface area contributed by atoms with Crippen LogP contribution >= 0.6 is 0 Å². The van der Waals surface area contributed by atoms with Crippen molar-refractivity contribution in [3.8, 4) is 0 Å². The Balaban J connectivity index is 2.07. The Morgan fingerprint density at radius 1 is 1.18 bits per heavy atom. The lowest BCUT2D eigenvalue weighted by Crippen LogP contribution is -2.39. The minimum Gasteiger partial charge on any atom is -0.393 e. The summed E-state index contributed by atoms with van der Waals surface area (Å²) in [7, 11) is -3.44. The van der Waals surface area contributed by atoms with E-state index in [1.165, 1.54) is 0 Å². The molecule has 1 fully saturated rings. The van der Waals surface area contributed by atoms with Gasteiger partial charge in [0.2, 0.25) is 10.0 Å². The van der Waals surface area contributed by atoms with Crippen molar-refractivity contribution < 1.29 is 13.5 Å². The molecule has 4 nitrogen and oxygen atoms in total. The van der Waals surface area contributed by atoms with E-state index >= 15 is 0 Å². The summed E-state index contributed by atoms with van der Waals surface area (Å²) in [4.78, 5) is 0.278. The summed E-state index contributed by atoms with van der Waals surface area (Å²) >= 11 is 0. The van der Waals surface area contributed by atoms with Crippen molar-refractivity contribution in [2.75, 3.05) is 0 Å². The van der Waals surface area contributed by atoms with Crippen molar-refractivity contribution in [1.82, 2.24) is 4.72 Å². The molecule has 1 aliphatic carbocycles. The molecule has 2 atom stereocenters. The number of hydrogen-bond acceptors (Lipinski definition) is 3. The molecule has 1 saturated carbocycles. The second-order valence-corrected chi connectivity index (χ2v) is 6.17. The molecule has 0 radical (unpaired) electrons. The number of hydrogen-bond donors (Lipinski definition) is 2. The Bertz CT molecular complexity index is 458. The van der Waals surface area contributed by atoms with Crippen LogP contribution in [0.3, 0.4) is 0 Å². The van der Waals surface area contributed by atoms with Gasteiger partial charge in [-0.15, -0.1) is 0 Å². The molecule has 0 heterocycles. The van der Waals surface area contributed by atoms with Crippen molar-refractivity contribution in [2.45, 2.75) is 42.7 Å². The molecule has 0 saturated heterocycles. The van der Waals surface area contributed by atoms with Gasteiger partial charge < -0.3 is 5.11 Å². The standard InChI is InChI=1S/C12H17NO3S/c14-11-6-4-5-10(9-11)13-17(15,16)12-7-2-1-3-8-12/h1-3,7-8,10-11,13-14H,4-6,9H2/t10-,11+/m1/s1.